The topological polar surface area (TPSA) is 69.4 Å². The molecule has 0 amide bonds. The van der Waals surface area contributed by atoms with E-state index < -0.39 is 10.0 Å². The summed E-state index contributed by atoms with van der Waals surface area (Å²) < 4.78 is 28.6. The van der Waals surface area contributed by atoms with Crippen LogP contribution in [0.5, 0.6) is 0 Å². The summed E-state index contributed by atoms with van der Waals surface area (Å²) in [5, 5.41) is 5.21. The zero-order valence-electron chi connectivity index (χ0n) is 13.7. The average Bonchev–Trinajstić information content (AvgIpc) is 2.38. The maximum absolute atomic E-state index is 11.4. The van der Waals surface area contributed by atoms with E-state index in [1.54, 1.807) is 0 Å². The van der Waals surface area contributed by atoms with Crippen molar-refractivity contribution in [1.82, 2.24) is 0 Å². The van der Waals surface area contributed by atoms with Crippen molar-refractivity contribution < 1.29 is 13.2 Å². The first kappa shape index (κ1) is 19.9. The molecule has 0 rings (SSSR count). The summed E-state index contributed by atoms with van der Waals surface area (Å²) in [6, 6.07) is 0. The normalized spacial score (nSPS) is 14.4. The predicted molar refractivity (Wildman–Crippen MR) is 85.2 cm³/mol. The third kappa shape index (κ3) is 8.93. The van der Waals surface area contributed by atoms with Crippen LogP contribution in [0.3, 0.4) is 0 Å². The Labute approximate surface area is 125 Å². The summed E-state index contributed by atoms with van der Waals surface area (Å²) in [6.07, 6.45) is 7.68. The molecule has 0 heterocycles. The Morgan fingerprint density at radius 1 is 1.10 bits per heavy atom. The molecule has 0 aliphatic heterocycles. The molecule has 5 heteroatoms. The molecule has 1 unspecified atom stereocenters. The smallest absolute Gasteiger partial charge is 0.209 e. The first-order valence-electron chi connectivity index (χ1n) is 7.90. The van der Waals surface area contributed by atoms with E-state index in [1.165, 1.54) is 25.7 Å². The number of ether oxygens (including phenoxy) is 1. The van der Waals surface area contributed by atoms with Gasteiger partial charge in [-0.1, -0.05) is 46.5 Å². The lowest BCUT2D eigenvalue weighted by atomic mass is 9.85. The molecule has 0 aliphatic carbocycles. The van der Waals surface area contributed by atoms with Crippen molar-refractivity contribution >= 4 is 10.0 Å². The summed E-state index contributed by atoms with van der Waals surface area (Å²) in [4.78, 5) is 0. The first-order chi connectivity index (χ1) is 9.28. The molecular weight excluding hydrogens is 274 g/mol. The maximum Gasteiger partial charge on any atom is 0.209 e. The highest BCUT2D eigenvalue weighted by molar-refractivity contribution is 7.89. The quantitative estimate of drug-likeness (QED) is 0.561. The minimum atomic E-state index is -3.46. The van der Waals surface area contributed by atoms with Gasteiger partial charge in [0.2, 0.25) is 10.0 Å². The number of hydrogen-bond acceptors (Lipinski definition) is 3. The van der Waals surface area contributed by atoms with Crippen molar-refractivity contribution in [3.05, 3.63) is 0 Å². The molecule has 0 radical (unpaired) electrons. The van der Waals surface area contributed by atoms with E-state index in [2.05, 4.69) is 13.8 Å². The largest absolute Gasteiger partial charge is 0.378 e. The lowest BCUT2D eigenvalue weighted by Gasteiger charge is -2.31. The fraction of sp³-hybridized carbons (Fsp3) is 1.00. The van der Waals surface area contributed by atoms with Gasteiger partial charge in [-0.15, -0.1) is 0 Å². The Balaban J connectivity index is 4.26. The first-order valence-corrected chi connectivity index (χ1v) is 9.62. The van der Waals surface area contributed by atoms with Crippen LogP contribution in [0.4, 0.5) is 0 Å². The number of nitrogens with two attached hydrogens (primary N) is 1. The fourth-order valence-corrected chi connectivity index (χ4v) is 3.73. The molecule has 0 aromatic rings. The lowest BCUT2D eigenvalue weighted by molar-refractivity contribution is -0.00114. The van der Waals surface area contributed by atoms with Gasteiger partial charge in [-0.25, -0.2) is 13.6 Å². The van der Waals surface area contributed by atoms with Crippen molar-refractivity contribution in [1.29, 1.82) is 0 Å². The van der Waals surface area contributed by atoms with Crippen molar-refractivity contribution in [3.8, 4) is 0 Å². The second-order valence-electron chi connectivity index (χ2n) is 5.99. The van der Waals surface area contributed by atoms with E-state index in [0.717, 1.165) is 19.3 Å². The minimum absolute atomic E-state index is 0.00948. The van der Waals surface area contributed by atoms with Gasteiger partial charge < -0.3 is 4.74 Å². The van der Waals surface area contributed by atoms with Crippen LogP contribution in [0.1, 0.15) is 72.6 Å². The van der Waals surface area contributed by atoms with Crippen LogP contribution in [-0.4, -0.2) is 26.9 Å². The third-order valence-electron chi connectivity index (χ3n) is 4.15. The second kappa shape index (κ2) is 9.74. The van der Waals surface area contributed by atoms with Gasteiger partial charge in [0.15, 0.2) is 0 Å². The van der Waals surface area contributed by atoms with Gasteiger partial charge in [0.05, 0.1) is 18.5 Å². The Morgan fingerprint density at radius 2 is 1.70 bits per heavy atom. The van der Waals surface area contributed by atoms with Crippen molar-refractivity contribution in [3.63, 3.8) is 0 Å². The van der Waals surface area contributed by atoms with E-state index in [4.69, 9.17) is 9.88 Å². The zero-order valence-corrected chi connectivity index (χ0v) is 14.5. The molecule has 0 aromatic heterocycles. The van der Waals surface area contributed by atoms with Gasteiger partial charge in [0, 0.05) is 5.41 Å². The number of primary sulfonamides is 1. The molecule has 0 saturated heterocycles. The fourth-order valence-electron chi connectivity index (χ4n) is 2.39. The summed E-state index contributed by atoms with van der Waals surface area (Å²) in [5.74, 6) is 0.00948. The molecule has 1 atom stereocenters. The maximum atomic E-state index is 11.4. The molecule has 20 heavy (non-hydrogen) atoms. The van der Waals surface area contributed by atoms with Gasteiger partial charge in [-0.2, -0.15) is 0 Å². The molecule has 0 aliphatic rings. The Bertz CT molecular complexity index is 337. The molecule has 4 nitrogen and oxygen atoms in total. The molecule has 0 aromatic carbocycles. The number of unbranched alkanes of at least 4 members (excludes halogenated alkanes) is 3. The summed E-state index contributed by atoms with van der Waals surface area (Å²) in [6.45, 7) is 8.75. The van der Waals surface area contributed by atoms with E-state index in [9.17, 15) is 8.42 Å². The van der Waals surface area contributed by atoms with Crippen LogP contribution in [0.25, 0.3) is 0 Å². The van der Waals surface area contributed by atoms with Gasteiger partial charge in [-0.05, 0) is 26.2 Å². The summed E-state index contributed by atoms with van der Waals surface area (Å²) in [7, 11) is -3.46. The van der Waals surface area contributed by atoms with Crippen LogP contribution in [0, 0.1) is 5.41 Å². The van der Waals surface area contributed by atoms with E-state index >= 15 is 0 Å². The molecule has 0 bridgehead atoms. The van der Waals surface area contributed by atoms with Gasteiger partial charge in [0.25, 0.3) is 0 Å². The Kier molecular flexibility index (Phi) is 9.68. The van der Waals surface area contributed by atoms with Gasteiger partial charge >= 0.3 is 0 Å². The highest BCUT2D eigenvalue weighted by Crippen LogP contribution is 2.29. The zero-order chi connectivity index (χ0) is 15.6. The number of rotatable bonds is 12. The van der Waals surface area contributed by atoms with E-state index in [-0.39, 0.29) is 17.3 Å². The molecule has 2 N–H and O–H groups in total. The summed E-state index contributed by atoms with van der Waals surface area (Å²) >= 11 is 0. The van der Waals surface area contributed by atoms with Crippen LogP contribution in [-0.2, 0) is 14.8 Å². The highest BCUT2D eigenvalue weighted by Gasteiger charge is 2.31. The molecular formula is C15H33NO3S. The van der Waals surface area contributed by atoms with Crippen molar-refractivity contribution in [2.75, 3.05) is 12.4 Å². The third-order valence-corrected chi connectivity index (χ3v) is 5.16. The minimum Gasteiger partial charge on any atom is -0.378 e. The molecule has 0 saturated carbocycles. The van der Waals surface area contributed by atoms with E-state index in [1.807, 2.05) is 13.8 Å². The second-order valence-corrected chi connectivity index (χ2v) is 7.60. The van der Waals surface area contributed by atoms with Crippen molar-refractivity contribution in [2.24, 2.45) is 10.6 Å². The van der Waals surface area contributed by atoms with Gasteiger partial charge in [0.1, 0.15) is 0 Å². The SMILES string of the molecule is CCCCCCC(C)OCC(CC)(CC)CS(N)(=O)=O. The van der Waals surface area contributed by atoms with Crippen LogP contribution in [0.15, 0.2) is 0 Å². The van der Waals surface area contributed by atoms with E-state index in [0.29, 0.717) is 6.61 Å². The molecule has 0 spiro atoms. The van der Waals surface area contributed by atoms with Crippen molar-refractivity contribution in [2.45, 2.75) is 78.7 Å². The monoisotopic (exact) mass is 307 g/mol. The van der Waals surface area contributed by atoms with Gasteiger partial charge in [-0.3, -0.25) is 0 Å². The number of sulfonamides is 1. The Morgan fingerprint density at radius 3 is 2.15 bits per heavy atom. The average molecular weight is 308 g/mol. The lowest BCUT2D eigenvalue weighted by Crippen LogP contribution is -2.37. The Hall–Kier alpha value is -0.130. The molecule has 122 valence electrons. The van der Waals surface area contributed by atoms with Crippen LogP contribution in [0.2, 0.25) is 0 Å². The molecule has 0 fully saturated rings. The highest BCUT2D eigenvalue weighted by atomic mass is 32.2. The summed E-state index contributed by atoms with van der Waals surface area (Å²) in [5.41, 5.74) is -0.342. The predicted octanol–water partition coefficient (Wildman–Crippen LogP) is 3.46. The number of hydrogen-bond donors (Lipinski definition) is 1. The standard InChI is InChI=1S/C15H33NO3S/c1-5-8-9-10-11-14(4)19-12-15(6-2,7-3)13-20(16,17)18/h14H,5-13H2,1-4H3,(H2,16,17,18). The van der Waals surface area contributed by atoms with Crippen LogP contribution >= 0.6 is 0 Å². The van der Waals surface area contributed by atoms with Crippen LogP contribution < -0.4 is 5.14 Å².